The number of aryl methyl sites for hydroxylation is 1. The third-order valence-corrected chi connectivity index (χ3v) is 6.56. The Morgan fingerprint density at radius 3 is 2.25 bits per heavy atom. The van der Waals surface area contributed by atoms with Gasteiger partial charge >= 0.3 is 0 Å². The normalized spacial score (nSPS) is 12.6. The molecule has 9 heteroatoms. The zero-order valence-electron chi connectivity index (χ0n) is 13.5. The fourth-order valence-corrected chi connectivity index (χ4v) is 3.87. The Kier molecular flexibility index (Phi) is 5.81. The molecular weight excluding hydrogens is 352 g/mol. The van der Waals surface area contributed by atoms with Gasteiger partial charge < -0.3 is 4.42 Å². The van der Waals surface area contributed by atoms with Gasteiger partial charge in [-0.3, -0.25) is 0 Å². The zero-order chi connectivity index (χ0) is 17.8. The maximum atomic E-state index is 12.0. The van der Waals surface area contributed by atoms with E-state index in [4.69, 9.17) is 4.42 Å². The monoisotopic (exact) mass is 372 g/mol. The van der Waals surface area contributed by atoms with E-state index < -0.39 is 20.0 Å². The SMILES string of the molecule is CN(C)S(=O)(=O)c1ccc(CCS(=O)(=O)NCc2ccco2)cc1. The molecule has 0 bridgehead atoms. The number of nitrogens with zero attached hydrogens (tertiary/aromatic N) is 1. The van der Waals surface area contributed by atoms with E-state index in [1.165, 1.54) is 32.5 Å². The van der Waals surface area contributed by atoms with Gasteiger partial charge in [0, 0.05) is 14.1 Å². The van der Waals surface area contributed by atoms with E-state index in [-0.39, 0.29) is 23.6 Å². The Morgan fingerprint density at radius 2 is 1.71 bits per heavy atom. The van der Waals surface area contributed by atoms with Gasteiger partial charge in [-0.25, -0.2) is 25.9 Å². The molecular formula is C15H20N2O5S2. The minimum atomic E-state index is -3.48. The highest BCUT2D eigenvalue weighted by Crippen LogP contribution is 2.14. The summed E-state index contributed by atoms with van der Waals surface area (Å²) in [6.07, 6.45) is 1.77. The Labute approximate surface area is 142 Å². The molecule has 0 fully saturated rings. The highest BCUT2D eigenvalue weighted by atomic mass is 32.2. The predicted octanol–water partition coefficient (Wildman–Crippen LogP) is 1.19. The summed E-state index contributed by atoms with van der Waals surface area (Å²) < 4.78 is 56.5. The smallest absolute Gasteiger partial charge is 0.242 e. The maximum absolute atomic E-state index is 12.0. The molecule has 0 spiro atoms. The van der Waals surface area contributed by atoms with Crippen molar-refractivity contribution in [1.29, 1.82) is 0 Å². The number of sulfonamides is 2. The van der Waals surface area contributed by atoms with E-state index in [0.29, 0.717) is 5.76 Å². The molecule has 2 aromatic rings. The fraction of sp³-hybridized carbons (Fsp3) is 0.333. The molecule has 0 saturated carbocycles. The molecule has 0 atom stereocenters. The molecule has 0 aliphatic rings. The second-order valence-electron chi connectivity index (χ2n) is 5.40. The molecule has 0 unspecified atom stereocenters. The van der Waals surface area contributed by atoms with Crippen molar-refractivity contribution in [2.75, 3.05) is 19.8 Å². The molecule has 0 saturated heterocycles. The third kappa shape index (κ3) is 4.91. The topological polar surface area (TPSA) is 96.7 Å². The molecule has 1 N–H and O–H groups in total. The quantitative estimate of drug-likeness (QED) is 0.751. The summed E-state index contributed by atoms with van der Waals surface area (Å²) in [5.74, 6) is 0.449. The van der Waals surface area contributed by atoms with Crippen molar-refractivity contribution in [3.63, 3.8) is 0 Å². The second kappa shape index (κ2) is 7.47. The van der Waals surface area contributed by atoms with Crippen LogP contribution in [0, 0.1) is 0 Å². The van der Waals surface area contributed by atoms with Crippen LogP contribution in [0.2, 0.25) is 0 Å². The molecule has 132 valence electrons. The average Bonchev–Trinajstić information content (AvgIpc) is 3.05. The van der Waals surface area contributed by atoms with Crippen LogP contribution >= 0.6 is 0 Å². The van der Waals surface area contributed by atoms with Gasteiger partial charge in [0.2, 0.25) is 20.0 Å². The van der Waals surface area contributed by atoms with E-state index in [1.807, 2.05) is 0 Å². The van der Waals surface area contributed by atoms with E-state index in [0.717, 1.165) is 9.87 Å². The standard InChI is InChI=1S/C15H20N2O5S2/c1-17(2)24(20,21)15-7-5-13(6-8-15)9-11-23(18,19)16-12-14-4-3-10-22-14/h3-8,10,16H,9,11-12H2,1-2H3. The number of hydrogen-bond acceptors (Lipinski definition) is 5. The van der Waals surface area contributed by atoms with Crippen LogP contribution in [0.3, 0.4) is 0 Å². The van der Waals surface area contributed by atoms with Gasteiger partial charge in [-0.2, -0.15) is 0 Å². The summed E-state index contributed by atoms with van der Waals surface area (Å²) in [7, 11) is -4.01. The first kappa shape index (κ1) is 18.7. The summed E-state index contributed by atoms with van der Waals surface area (Å²) >= 11 is 0. The molecule has 0 amide bonds. The van der Waals surface area contributed by atoms with Crippen molar-refractivity contribution in [1.82, 2.24) is 9.03 Å². The van der Waals surface area contributed by atoms with Crippen LogP contribution in [-0.4, -0.2) is 41.0 Å². The predicted molar refractivity (Wildman–Crippen MR) is 90.4 cm³/mol. The highest BCUT2D eigenvalue weighted by molar-refractivity contribution is 7.89. The largest absolute Gasteiger partial charge is 0.468 e. The van der Waals surface area contributed by atoms with Gasteiger partial charge in [0.1, 0.15) is 5.76 Å². The third-order valence-electron chi connectivity index (χ3n) is 3.41. The molecule has 0 aliphatic carbocycles. The Balaban J connectivity index is 1.94. The number of hydrogen-bond donors (Lipinski definition) is 1. The van der Waals surface area contributed by atoms with Crippen LogP contribution in [0.15, 0.2) is 52.0 Å². The lowest BCUT2D eigenvalue weighted by Crippen LogP contribution is -2.26. The molecule has 1 aromatic heterocycles. The maximum Gasteiger partial charge on any atom is 0.242 e. The molecule has 1 aromatic carbocycles. The number of nitrogens with one attached hydrogen (secondary N) is 1. The summed E-state index contributed by atoms with van der Waals surface area (Å²) in [6, 6.07) is 9.58. The van der Waals surface area contributed by atoms with Gasteiger partial charge in [-0.1, -0.05) is 12.1 Å². The number of furan rings is 1. The summed E-state index contributed by atoms with van der Waals surface area (Å²) in [6.45, 7) is 0.106. The van der Waals surface area contributed by atoms with Gasteiger partial charge in [0.15, 0.2) is 0 Å². The first-order chi connectivity index (χ1) is 11.2. The average molecular weight is 372 g/mol. The van der Waals surface area contributed by atoms with Gasteiger partial charge in [0.05, 0.1) is 23.5 Å². The molecule has 24 heavy (non-hydrogen) atoms. The van der Waals surface area contributed by atoms with Crippen molar-refractivity contribution in [2.24, 2.45) is 0 Å². The van der Waals surface area contributed by atoms with Gasteiger partial charge in [-0.15, -0.1) is 0 Å². The van der Waals surface area contributed by atoms with Gasteiger partial charge in [-0.05, 0) is 36.2 Å². The van der Waals surface area contributed by atoms with Crippen molar-refractivity contribution in [3.05, 3.63) is 54.0 Å². The van der Waals surface area contributed by atoms with Crippen LogP contribution < -0.4 is 4.72 Å². The first-order valence-corrected chi connectivity index (χ1v) is 10.3. The Morgan fingerprint density at radius 1 is 1.04 bits per heavy atom. The molecule has 0 radical (unpaired) electrons. The molecule has 2 rings (SSSR count). The van der Waals surface area contributed by atoms with Crippen molar-refractivity contribution in [2.45, 2.75) is 17.9 Å². The van der Waals surface area contributed by atoms with Gasteiger partial charge in [0.25, 0.3) is 0 Å². The van der Waals surface area contributed by atoms with Crippen molar-refractivity contribution >= 4 is 20.0 Å². The lowest BCUT2D eigenvalue weighted by atomic mass is 10.2. The van der Waals surface area contributed by atoms with Crippen LogP contribution in [-0.2, 0) is 33.0 Å². The van der Waals surface area contributed by atoms with Crippen LogP contribution in [0.5, 0.6) is 0 Å². The molecule has 7 nitrogen and oxygen atoms in total. The Hall–Kier alpha value is -1.68. The summed E-state index contributed by atoms with van der Waals surface area (Å²) in [5.41, 5.74) is 0.746. The molecule has 0 aliphatic heterocycles. The van der Waals surface area contributed by atoms with Crippen molar-refractivity contribution in [3.8, 4) is 0 Å². The Bertz CT molecular complexity index is 855. The minimum absolute atomic E-state index is 0.0898. The minimum Gasteiger partial charge on any atom is -0.468 e. The lowest BCUT2D eigenvalue weighted by Gasteiger charge is -2.11. The summed E-state index contributed by atoms with van der Waals surface area (Å²) in [5, 5.41) is 0. The van der Waals surface area contributed by atoms with E-state index in [9.17, 15) is 16.8 Å². The van der Waals surface area contributed by atoms with Crippen LogP contribution in [0.1, 0.15) is 11.3 Å². The highest BCUT2D eigenvalue weighted by Gasteiger charge is 2.17. The number of benzene rings is 1. The van der Waals surface area contributed by atoms with E-state index in [1.54, 1.807) is 24.3 Å². The zero-order valence-corrected chi connectivity index (χ0v) is 15.1. The van der Waals surface area contributed by atoms with Crippen LogP contribution in [0.4, 0.5) is 0 Å². The first-order valence-electron chi connectivity index (χ1n) is 7.22. The summed E-state index contributed by atoms with van der Waals surface area (Å²) in [4.78, 5) is 0.176. The van der Waals surface area contributed by atoms with Crippen molar-refractivity contribution < 1.29 is 21.3 Å². The molecule has 1 heterocycles. The fourth-order valence-electron chi connectivity index (χ4n) is 1.96. The number of rotatable bonds is 8. The second-order valence-corrected chi connectivity index (χ2v) is 9.48. The van der Waals surface area contributed by atoms with E-state index in [2.05, 4.69) is 4.72 Å². The van der Waals surface area contributed by atoms with E-state index >= 15 is 0 Å². The lowest BCUT2D eigenvalue weighted by molar-refractivity contribution is 0.498. The van der Waals surface area contributed by atoms with Crippen LogP contribution in [0.25, 0.3) is 0 Å².